The molecule has 4 rings (SSSR count). The number of carbonyl (C=O) groups excluding carboxylic acids is 1. The van der Waals surface area contributed by atoms with E-state index >= 15 is 0 Å². The zero-order valence-corrected chi connectivity index (χ0v) is 18.2. The molecule has 156 valence electrons. The molecule has 0 radical (unpaired) electrons. The Bertz CT molecular complexity index is 1400. The van der Waals surface area contributed by atoms with Crippen molar-refractivity contribution in [1.29, 1.82) is 0 Å². The summed E-state index contributed by atoms with van der Waals surface area (Å²) in [5.41, 5.74) is 9.85. The van der Waals surface area contributed by atoms with Gasteiger partial charge in [-0.3, -0.25) is 4.79 Å². The van der Waals surface area contributed by atoms with E-state index in [2.05, 4.69) is 41.0 Å². The van der Waals surface area contributed by atoms with Crippen molar-refractivity contribution in [2.24, 2.45) is 0 Å². The topological polar surface area (TPSA) is 85.8 Å². The van der Waals surface area contributed by atoms with Crippen LogP contribution in [0.3, 0.4) is 0 Å². The Balaban J connectivity index is 1.68. The number of nitrogens with one attached hydrogen (secondary N) is 1. The summed E-state index contributed by atoms with van der Waals surface area (Å²) in [5, 5.41) is 6.61. The molecule has 1 aromatic carbocycles. The van der Waals surface area contributed by atoms with E-state index in [0.717, 1.165) is 11.2 Å². The molecule has 3 aromatic heterocycles. The number of nitrogen functional groups attached to an aromatic ring is 1. The highest BCUT2D eigenvalue weighted by molar-refractivity contribution is 7.07. The Morgan fingerprint density at radius 2 is 2.10 bits per heavy atom. The van der Waals surface area contributed by atoms with Crippen LogP contribution in [-0.4, -0.2) is 20.4 Å². The van der Waals surface area contributed by atoms with Gasteiger partial charge in [0.05, 0.1) is 13.7 Å². The van der Waals surface area contributed by atoms with Crippen LogP contribution >= 0.6 is 11.3 Å². The number of fused-ring (bicyclic) bond motifs is 1. The van der Waals surface area contributed by atoms with E-state index in [1.54, 1.807) is 35.0 Å². The summed E-state index contributed by atoms with van der Waals surface area (Å²) in [6, 6.07) is 6.96. The summed E-state index contributed by atoms with van der Waals surface area (Å²) in [5.74, 6) is 6.16. The fraction of sp³-hybridized carbons (Fsp3) is 0.208. The minimum atomic E-state index is -1.97. The summed E-state index contributed by atoms with van der Waals surface area (Å²) >= 11 is 1.37. The molecule has 6 nitrogen and oxygen atoms in total. The van der Waals surface area contributed by atoms with Crippen LogP contribution in [0.4, 0.5) is 5.82 Å². The number of aryl methyl sites for hydroxylation is 1. The Hall–Kier alpha value is -3.63. The first-order chi connectivity index (χ1) is 15.7. The van der Waals surface area contributed by atoms with E-state index in [-0.39, 0.29) is 6.04 Å². The minimum absolute atomic E-state index is 0.171. The average molecular weight is 432 g/mol. The Morgan fingerprint density at radius 1 is 1.29 bits per heavy atom. The van der Waals surface area contributed by atoms with Gasteiger partial charge in [-0.15, -0.1) is 0 Å². The second-order valence-electron chi connectivity index (χ2n) is 7.37. The number of hydrogen-bond acceptors (Lipinski definition) is 5. The normalized spacial score (nSPS) is 12.3. The molecule has 0 saturated carbocycles. The number of thiophene rings is 1. The molecule has 7 heteroatoms. The first-order valence-electron chi connectivity index (χ1n) is 10.8. The third-order valence-electron chi connectivity index (χ3n) is 4.87. The van der Waals surface area contributed by atoms with Crippen molar-refractivity contribution < 1.29 is 7.54 Å². The van der Waals surface area contributed by atoms with Gasteiger partial charge in [0.15, 0.2) is 0 Å². The first-order valence-corrected chi connectivity index (χ1v) is 10.7. The molecule has 0 fully saturated rings. The van der Waals surface area contributed by atoms with E-state index in [9.17, 15) is 4.79 Å². The number of benzene rings is 1. The zero-order valence-electron chi connectivity index (χ0n) is 19.4. The second kappa shape index (κ2) is 8.62. The molecular weight excluding hydrogens is 406 g/mol. The van der Waals surface area contributed by atoms with Gasteiger partial charge in [0.2, 0.25) is 0 Å². The van der Waals surface area contributed by atoms with Gasteiger partial charge in [0.1, 0.15) is 17.8 Å². The zero-order chi connectivity index (χ0) is 23.8. The van der Waals surface area contributed by atoms with Crippen molar-refractivity contribution in [3.63, 3.8) is 0 Å². The third-order valence-corrected chi connectivity index (χ3v) is 5.55. The molecule has 0 saturated heterocycles. The molecule has 31 heavy (non-hydrogen) atoms. The van der Waals surface area contributed by atoms with Gasteiger partial charge in [0.25, 0.3) is 5.91 Å². The van der Waals surface area contributed by atoms with Gasteiger partial charge in [-0.05, 0) is 60.9 Å². The van der Waals surface area contributed by atoms with Gasteiger partial charge < -0.3 is 15.6 Å². The average Bonchev–Trinajstić information content (AvgIpc) is 3.42. The number of aromatic nitrogens is 3. The van der Waals surface area contributed by atoms with E-state index in [1.165, 1.54) is 17.7 Å². The molecule has 0 bridgehead atoms. The highest BCUT2D eigenvalue weighted by atomic mass is 32.1. The van der Waals surface area contributed by atoms with Crippen molar-refractivity contribution >= 4 is 34.1 Å². The lowest BCUT2D eigenvalue weighted by Gasteiger charge is -2.07. The highest BCUT2D eigenvalue weighted by Crippen LogP contribution is 2.26. The predicted octanol–water partition coefficient (Wildman–Crippen LogP) is 4.29. The summed E-state index contributed by atoms with van der Waals surface area (Å²) in [6.07, 6.45) is 3.35. The number of nitrogens with zero attached hydrogens (tertiary/aromatic N) is 3. The van der Waals surface area contributed by atoms with Crippen molar-refractivity contribution in [2.45, 2.75) is 33.3 Å². The van der Waals surface area contributed by atoms with Crippen LogP contribution in [0.25, 0.3) is 11.0 Å². The lowest BCUT2D eigenvalue weighted by Crippen LogP contribution is -2.22. The number of rotatable bonds is 4. The van der Waals surface area contributed by atoms with Gasteiger partial charge in [-0.2, -0.15) is 11.3 Å². The van der Waals surface area contributed by atoms with Crippen LogP contribution in [0.15, 0.2) is 47.5 Å². The molecule has 0 aliphatic heterocycles. The van der Waals surface area contributed by atoms with Crippen molar-refractivity contribution in [3.05, 3.63) is 75.4 Å². The second-order valence-corrected chi connectivity index (χ2v) is 8.15. The quantitative estimate of drug-likeness (QED) is 0.472. The number of carbonyl (C=O) groups is 1. The predicted molar refractivity (Wildman–Crippen MR) is 125 cm³/mol. The van der Waals surface area contributed by atoms with Crippen LogP contribution in [-0.2, 0) is 6.50 Å². The summed E-state index contributed by atoms with van der Waals surface area (Å²) in [6.45, 7) is 4.04. The maximum absolute atomic E-state index is 12.8. The van der Waals surface area contributed by atoms with E-state index < -0.39 is 12.4 Å². The Labute approximate surface area is 188 Å². The van der Waals surface area contributed by atoms with Crippen molar-refractivity contribution in [3.8, 4) is 11.8 Å². The van der Waals surface area contributed by atoms with Crippen molar-refractivity contribution in [2.75, 3.05) is 5.73 Å². The maximum atomic E-state index is 12.8. The van der Waals surface area contributed by atoms with Gasteiger partial charge >= 0.3 is 0 Å². The lowest BCUT2D eigenvalue weighted by molar-refractivity contribution is 0.0951. The third kappa shape index (κ3) is 4.30. The maximum Gasteiger partial charge on any atom is 0.251 e. The molecule has 0 atom stereocenters. The van der Waals surface area contributed by atoms with Crippen LogP contribution in [0.2, 0.25) is 0 Å². The SMILES string of the molecule is [2H]C([2H])(NC(=O)c1ccc(C)c(C#Cc2cn(C(C)C)c3ncnc(N)c23)c1)c1ccsc1. The molecule has 0 aliphatic rings. The minimum Gasteiger partial charge on any atom is -0.383 e. The van der Waals surface area contributed by atoms with E-state index in [4.69, 9.17) is 8.48 Å². The van der Waals surface area contributed by atoms with Gasteiger partial charge in [0, 0.05) is 29.9 Å². The van der Waals surface area contributed by atoms with E-state index in [0.29, 0.717) is 33.5 Å². The van der Waals surface area contributed by atoms with Crippen LogP contribution < -0.4 is 11.1 Å². The molecular formula is C24H23N5OS. The van der Waals surface area contributed by atoms with Crippen LogP contribution in [0, 0.1) is 18.8 Å². The molecule has 3 heterocycles. The largest absolute Gasteiger partial charge is 0.383 e. The molecule has 4 aromatic rings. The van der Waals surface area contributed by atoms with Crippen molar-refractivity contribution in [1.82, 2.24) is 19.9 Å². The first kappa shape index (κ1) is 18.2. The molecule has 1 amide bonds. The van der Waals surface area contributed by atoms with Gasteiger partial charge in [-0.1, -0.05) is 17.9 Å². The molecule has 0 spiro atoms. The Morgan fingerprint density at radius 3 is 2.84 bits per heavy atom. The highest BCUT2D eigenvalue weighted by Gasteiger charge is 2.14. The van der Waals surface area contributed by atoms with Crippen LogP contribution in [0.5, 0.6) is 0 Å². The number of nitrogens with two attached hydrogens (primary N) is 1. The number of hydrogen-bond donors (Lipinski definition) is 2. The molecule has 0 unspecified atom stereocenters. The smallest absolute Gasteiger partial charge is 0.251 e. The summed E-state index contributed by atoms with van der Waals surface area (Å²) in [7, 11) is 0. The molecule has 0 aliphatic carbocycles. The standard InChI is InChI=1S/C24H23N5OS/c1-15(2)29-12-20(21-22(25)27-14-28-23(21)29)7-6-18-10-19(5-4-16(18)3)24(30)26-11-17-8-9-31-13-17/h4-5,8-10,12-15H,11H2,1-3H3,(H,26,30)(H2,25,27,28)/i11D2. The number of anilines is 1. The monoisotopic (exact) mass is 431 g/mol. The van der Waals surface area contributed by atoms with Crippen LogP contribution in [0.1, 0.15) is 55.2 Å². The van der Waals surface area contributed by atoms with Gasteiger partial charge in [-0.25, -0.2) is 9.97 Å². The Kier molecular flexibility index (Phi) is 5.05. The lowest BCUT2D eigenvalue weighted by atomic mass is 10.0. The fourth-order valence-electron chi connectivity index (χ4n) is 3.17. The number of amides is 1. The fourth-order valence-corrected chi connectivity index (χ4v) is 3.75. The van der Waals surface area contributed by atoms with E-state index in [1.807, 2.05) is 17.7 Å². The molecule has 3 N–H and O–H groups in total. The summed E-state index contributed by atoms with van der Waals surface area (Å²) in [4.78, 5) is 21.2. The summed E-state index contributed by atoms with van der Waals surface area (Å²) < 4.78 is 18.3.